The maximum Gasteiger partial charge on any atom is 0.122 e. The van der Waals surface area contributed by atoms with Gasteiger partial charge in [0.25, 0.3) is 0 Å². The van der Waals surface area contributed by atoms with Crippen molar-refractivity contribution in [1.82, 2.24) is 0 Å². The number of unbranched alkanes of at least 4 members (excludes halogenated alkanes) is 1. The van der Waals surface area contributed by atoms with Crippen LogP contribution in [0.4, 0.5) is 0 Å². The molecule has 0 spiro atoms. The summed E-state index contributed by atoms with van der Waals surface area (Å²) in [6, 6.07) is 8.47. The van der Waals surface area contributed by atoms with E-state index in [9.17, 15) is 0 Å². The van der Waals surface area contributed by atoms with Crippen LogP contribution in [0.5, 0.6) is 5.75 Å². The van der Waals surface area contributed by atoms with Gasteiger partial charge in [0.1, 0.15) is 5.75 Å². The van der Waals surface area contributed by atoms with E-state index in [0.717, 1.165) is 36.1 Å². The van der Waals surface area contributed by atoms with E-state index in [2.05, 4.69) is 12.1 Å². The number of nitriles is 1. The molecule has 0 aliphatic heterocycles. The third kappa shape index (κ3) is 5.22. The Labute approximate surface area is 122 Å². The summed E-state index contributed by atoms with van der Waals surface area (Å²) < 4.78 is 5.80. The molecule has 0 aliphatic rings. The first kappa shape index (κ1) is 16.5. The molecule has 110 valence electrons. The molecule has 0 aliphatic carbocycles. The van der Waals surface area contributed by atoms with Crippen LogP contribution in [-0.2, 0) is 0 Å². The second kappa shape index (κ2) is 7.31. The standard InChI is InChI=1S/C17H26N2O/c1-13-11-15(14(2)19)7-8-16(13)20-10-6-5-9-17(3,4)12-18/h7-8,11,14H,5-6,9-10,19H2,1-4H3/t14-/m1/s1. The molecule has 0 aromatic heterocycles. The summed E-state index contributed by atoms with van der Waals surface area (Å²) in [6.45, 7) is 8.67. The molecule has 0 amide bonds. The molecule has 0 radical (unpaired) electrons. The number of hydrogen-bond acceptors (Lipinski definition) is 3. The van der Waals surface area contributed by atoms with Gasteiger partial charge in [0.2, 0.25) is 0 Å². The van der Waals surface area contributed by atoms with Crippen molar-refractivity contribution in [3.63, 3.8) is 0 Å². The van der Waals surface area contributed by atoms with Crippen molar-refractivity contribution < 1.29 is 4.74 Å². The highest BCUT2D eigenvalue weighted by molar-refractivity contribution is 5.37. The van der Waals surface area contributed by atoms with E-state index < -0.39 is 0 Å². The molecule has 3 heteroatoms. The molecule has 0 unspecified atom stereocenters. The van der Waals surface area contributed by atoms with E-state index >= 15 is 0 Å². The fourth-order valence-corrected chi connectivity index (χ4v) is 2.02. The Kier molecular flexibility index (Phi) is 6.04. The van der Waals surface area contributed by atoms with Crippen molar-refractivity contribution in [2.45, 2.75) is 53.0 Å². The quantitative estimate of drug-likeness (QED) is 0.761. The third-order valence-corrected chi connectivity index (χ3v) is 3.48. The van der Waals surface area contributed by atoms with Gasteiger partial charge in [0.05, 0.1) is 18.1 Å². The highest BCUT2D eigenvalue weighted by atomic mass is 16.5. The highest BCUT2D eigenvalue weighted by Gasteiger charge is 2.15. The Morgan fingerprint density at radius 2 is 2.05 bits per heavy atom. The van der Waals surface area contributed by atoms with Crippen LogP contribution >= 0.6 is 0 Å². The van der Waals surface area contributed by atoms with Crippen molar-refractivity contribution in [3.8, 4) is 11.8 Å². The van der Waals surface area contributed by atoms with Crippen molar-refractivity contribution in [3.05, 3.63) is 29.3 Å². The average molecular weight is 274 g/mol. The fraction of sp³-hybridized carbons (Fsp3) is 0.588. The molecule has 1 aromatic rings. The van der Waals surface area contributed by atoms with Gasteiger partial charge in [-0.1, -0.05) is 12.1 Å². The van der Waals surface area contributed by atoms with Crippen molar-refractivity contribution >= 4 is 0 Å². The number of nitrogens with two attached hydrogens (primary N) is 1. The first-order valence-corrected chi connectivity index (χ1v) is 7.26. The first-order valence-electron chi connectivity index (χ1n) is 7.26. The Bertz CT molecular complexity index is 472. The minimum atomic E-state index is -0.227. The Morgan fingerprint density at radius 1 is 1.35 bits per heavy atom. The molecular formula is C17H26N2O. The molecule has 0 heterocycles. The monoisotopic (exact) mass is 274 g/mol. The van der Waals surface area contributed by atoms with Crippen LogP contribution in [0.1, 0.15) is 57.2 Å². The lowest BCUT2D eigenvalue weighted by molar-refractivity contribution is 0.293. The second-order valence-corrected chi connectivity index (χ2v) is 6.11. The number of benzene rings is 1. The number of nitrogens with zero attached hydrogens (tertiary/aromatic N) is 1. The van der Waals surface area contributed by atoms with Crippen LogP contribution < -0.4 is 10.5 Å². The van der Waals surface area contributed by atoms with Crippen LogP contribution in [-0.4, -0.2) is 6.61 Å². The Hall–Kier alpha value is -1.53. The predicted molar refractivity (Wildman–Crippen MR) is 82.5 cm³/mol. The van der Waals surface area contributed by atoms with E-state index in [1.54, 1.807) is 0 Å². The molecule has 2 N–H and O–H groups in total. The first-order chi connectivity index (χ1) is 9.35. The summed E-state index contributed by atoms with van der Waals surface area (Å²) in [6.07, 6.45) is 2.90. The molecule has 0 saturated carbocycles. The number of rotatable bonds is 7. The van der Waals surface area contributed by atoms with Crippen LogP contribution in [0.3, 0.4) is 0 Å². The van der Waals surface area contributed by atoms with Crippen LogP contribution in [0, 0.1) is 23.7 Å². The lowest BCUT2D eigenvalue weighted by Gasteiger charge is -2.15. The molecular weight excluding hydrogens is 248 g/mol. The van der Waals surface area contributed by atoms with E-state index in [4.69, 9.17) is 15.7 Å². The van der Waals surface area contributed by atoms with E-state index in [1.165, 1.54) is 0 Å². The van der Waals surface area contributed by atoms with Gasteiger partial charge in [0, 0.05) is 6.04 Å². The molecule has 0 bridgehead atoms. The van der Waals surface area contributed by atoms with E-state index in [-0.39, 0.29) is 11.5 Å². The zero-order valence-electron chi connectivity index (χ0n) is 13.1. The number of ether oxygens (including phenoxy) is 1. The Morgan fingerprint density at radius 3 is 2.60 bits per heavy atom. The molecule has 1 aromatic carbocycles. The van der Waals surface area contributed by atoms with Gasteiger partial charge < -0.3 is 10.5 Å². The molecule has 0 fully saturated rings. The number of aryl methyl sites for hydroxylation is 1. The van der Waals surface area contributed by atoms with Gasteiger partial charge in [0.15, 0.2) is 0 Å². The van der Waals surface area contributed by atoms with Gasteiger partial charge in [-0.2, -0.15) is 5.26 Å². The van der Waals surface area contributed by atoms with Crippen LogP contribution in [0.2, 0.25) is 0 Å². The maximum atomic E-state index is 8.94. The van der Waals surface area contributed by atoms with Gasteiger partial charge >= 0.3 is 0 Å². The summed E-state index contributed by atoms with van der Waals surface area (Å²) in [4.78, 5) is 0. The predicted octanol–water partition coefficient (Wildman–Crippen LogP) is 4.11. The zero-order chi connectivity index (χ0) is 15.2. The summed E-state index contributed by atoms with van der Waals surface area (Å²) in [5.74, 6) is 0.925. The topological polar surface area (TPSA) is 59.0 Å². The fourth-order valence-electron chi connectivity index (χ4n) is 2.02. The van der Waals surface area contributed by atoms with Gasteiger partial charge in [-0.3, -0.25) is 0 Å². The van der Waals surface area contributed by atoms with Crippen molar-refractivity contribution in [2.75, 3.05) is 6.61 Å². The average Bonchev–Trinajstić information content (AvgIpc) is 2.39. The minimum absolute atomic E-state index is 0.0518. The molecule has 1 rings (SSSR count). The van der Waals surface area contributed by atoms with Gasteiger partial charge in [-0.25, -0.2) is 0 Å². The normalized spacial score (nSPS) is 12.8. The maximum absolute atomic E-state index is 8.94. The molecule has 0 saturated heterocycles. The zero-order valence-corrected chi connectivity index (χ0v) is 13.1. The smallest absolute Gasteiger partial charge is 0.122 e. The lowest BCUT2D eigenvalue weighted by Crippen LogP contribution is -2.09. The van der Waals surface area contributed by atoms with Crippen molar-refractivity contribution in [2.24, 2.45) is 11.1 Å². The van der Waals surface area contributed by atoms with Gasteiger partial charge in [-0.05, 0) is 64.2 Å². The lowest BCUT2D eigenvalue weighted by atomic mass is 9.89. The van der Waals surface area contributed by atoms with Gasteiger partial charge in [-0.15, -0.1) is 0 Å². The molecule has 3 nitrogen and oxygen atoms in total. The van der Waals surface area contributed by atoms with Crippen molar-refractivity contribution in [1.29, 1.82) is 5.26 Å². The number of hydrogen-bond donors (Lipinski definition) is 1. The Balaban J connectivity index is 2.38. The van der Waals surface area contributed by atoms with E-state index in [0.29, 0.717) is 6.61 Å². The van der Waals surface area contributed by atoms with Crippen LogP contribution in [0.15, 0.2) is 18.2 Å². The third-order valence-electron chi connectivity index (χ3n) is 3.48. The summed E-state index contributed by atoms with van der Waals surface area (Å²) >= 11 is 0. The summed E-state index contributed by atoms with van der Waals surface area (Å²) in [7, 11) is 0. The largest absolute Gasteiger partial charge is 0.493 e. The summed E-state index contributed by atoms with van der Waals surface area (Å²) in [5, 5.41) is 8.94. The SMILES string of the molecule is Cc1cc([C@@H](C)N)ccc1OCCCCC(C)(C)C#N. The minimum Gasteiger partial charge on any atom is -0.493 e. The molecule has 20 heavy (non-hydrogen) atoms. The second-order valence-electron chi connectivity index (χ2n) is 6.11. The highest BCUT2D eigenvalue weighted by Crippen LogP contribution is 2.24. The van der Waals surface area contributed by atoms with E-state index in [1.807, 2.05) is 39.8 Å². The van der Waals surface area contributed by atoms with Crippen LogP contribution in [0.25, 0.3) is 0 Å². The molecule has 1 atom stereocenters. The summed E-state index contributed by atoms with van der Waals surface area (Å²) in [5.41, 5.74) is 7.88.